The molecule has 9 heteroatoms. The second kappa shape index (κ2) is 5.75. The number of hydrogen-bond acceptors (Lipinski definition) is 5. The maximum Gasteiger partial charge on any atom is 0.217 e. The van der Waals surface area contributed by atoms with Gasteiger partial charge in [0, 0.05) is 18.2 Å². The molecule has 0 saturated heterocycles. The van der Waals surface area contributed by atoms with E-state index in [9.17, 15) is 8.42 Å². The Morgan fingerprint density at radius 3 is 2.89 bits per heavy atom. The summed E-state index contributed by atoms with van der Waals surface area (Å²) >= 11 is 0. The standard InChI is InChI=1S/C18H24N6O2S/c1-3-11-8-12(23-27(25,26)18(2)5-6-18)9-13(11)17-22-21-15-10-20-16-14(24(15)17)4-7-19-16/h4,7,10-13,19,23H,3,5-6,8-9H2,1-2H3/t11-,12?,13+/m1/s1. The normalized spacial score (nSPS) is 27.6. The molecular weight excluding hydrogens is 364 g/mol. The lowest BCUT2D eigenvalue weighted by atomic mass is 9.93. The van der Waals surface area contributed by atoms with Crippen LogP contribution in [0.2, 0.25) is 0 Å². The number of fused-ring (bicyclic) bond motifs is 3. The summed E-state index contributed by atoms with van der Waals surface area (Å²) < 4.78 is 29.8. The van der Waals surface area contributed by atoms with E-state index in [0.717, 1.165) is 54.7 Å². The maximum atomic E-state index is 12.7. The number of nitrogens with zero attached hydrogens (tertiary/aromatic N) is 4. The lowest BCUT2D eigenvalue weighted by Gasteiger charge is -2.17. The highest BCUT2D eigenvalue weighted by molar-refractivity contribution is 7.91. The van der Waals surface area contributed by atoms with Crippen molar-refractivity contribution in [3.05, 3.63) is 24.3 Å². The number of nitrogens with one attached hydrogen (secondary N) is 2. The summed E-state index contributed by atoms with van der Waals surface area (Å²) in [5.74, 6) is 1.45. The first-order valence-corrected chi connectivity index (χ1v) is 11.1. The molecule has 2 N–H and O–H groups in total. The van der Waals surface area contributed by atoms with Crippen LogP contribution in [0.4, 0.5) is 0 Å². The van der Waals surface area contributed by atoms with Crippen LogP contribution in [0.3, 0.4) is 0 Å². The topological polar surface area (TPSA) is 105 Å². The van der Waals surface area contributed by atoms with Gasteiger partial charge in [-0.3, -0.25) is 4.40 Å². The van der Waals surface area contributed by atoms with Crippen molar-refractivity contribution in [2.75, 3.05) is 0 Å². The third-order valence-corrected chi connectivity index (χ3v) is 8.79. The number of rotatable bonds is 5. The monoisotopic (exact) mass is 388 g/mol. The summed E-state index contributed by atoms with van der Waals surface area (Å²) in [5, 5.41) is 8.79. The average Bonchev–Trinajstić information content (AvgIpc) is 3.04. The van der Waals surface area contributed by atoms with Gasteiger partial charge in [0.25, 0.3) is 0 Å². The van der Waals surface area contributed by atoms with Gasteiger partial charge in [0.05, 0.1) is 16.5 Å². The second-order valence-electron chi connectivity index (χ2n) is 8.24. The summed E-state index contributed by atoms with van der Waals surface area (Å²) in [7, 11) is -3.27. The summed E-state index contributed by atoms with van der Waals surface area (Å²) in [6.45, 7) is 3.99. The van der Waals surface area contributed by atoms with Crippen LogP contribution in [-0.2, 0) is 10.0 Å². The van der Waals surface area contributed by atoms with Crippen molar-refractivity contribution < 1.29 is 8.42 Å². The van der Waals surface area contributed by atoms with Crippen molar-refractivity contribution in [3.8, 4) is 0 Å². The first-order valence-electron chi connectivity index (χ1n) is 9.61. The van der Waals surface area contributed by atoms with E-state index >= 15 is 0 Å². The van der Waals surface area contributed by atoms with Crippen molar-refractivity contribution in [3.63, 3.8) is 0 Å². The molecule has 2 aliphatic rings. The van der Waals surface area contributed by atoms with Crippen molar-refractivity contribution in [2.45, 2.75) is 62.7 Å². The van der Waals surface area contributed by atoms with Gasteiger partial charge in [0.1, 0.15) is 5.82 Å². The first-order chi connectivity index (χ1) is 12.9. The van der Waals surface area contributed by atoms with Gasteiger partial charge >= 0.3 is 0 Å². The van der Waals surface area contributed by atoms with E-state index in [1.807, 2.05) is 19.2 Å². The summed E-state index contributed by atoms with van der Waals surface area (Å²) in [6.07, 6.45) is 7.66. The van der Waals surface area contributed by atoms with E-state index < -0.39 is 14.8 Å². The minimum absolute atomic E-state index is 0.0433. The number of aromatic nitrogens is 5. The fraction of sp³-hybridized carbons (Fsp3) is 0.611. The van der Waals surface area contributed by atoms with Crippen LogP contribution in [0.1, 0.15) is 57.7 Å². The van der Waals surface area contributed by atoms with Crippen LogP contribution in [0.5, 0.6) is 0 Å². The lowest BCUT2D eigenvalue weighted by molar-refractivity contribution is 0.449. The Bertz CT molecular complexity index is 1110. The van der Waals surface area contributed by atoms with Crippen LogP contribution < -0.4 is 4.72 Å². The molecule has 0 aliphatic heterocycles. The molecule has 5 rings (SSSR count). The van der Waals surface area contributed by atoms with Gasteiger partial charge in [0.2, 0.25) is 10.0 Å². The molecule has 27 heavy (non-hydrogen) atoms. The van der Waals surface area contributed by atoms with Gasteiger partial charge in [-0.2, -0.15) is 0 Å². The van der Waals surface area contributed by atoms with E-state index in [1.165, 1.54) is 0 Å². The summed E-state index contributed by atoms with van der Waals surface area (Å²) in [5.41, 5.74) is 2.48. The van der Waals surface area contributed by atoms with E-state index in [1.54, 1.807) is 6.20 Å². The predicted octanol–water partition coefficient (Wildman–Crippen LogP) is 2.35. The Labute approximate surface area is 157 Å². The van der Waals surface area contributed by atoms with E-state index in [2.05, 4.69) is 36.2 Å². The zero-order valence-corrected chi connectivity index (χ0v) is 16.3. The number of hydrogen-bond donors (Lipinski definition) is 2. The Morgan fingerprint density at radius 2 is 2.15 bits per heavy atom. The third kappa shape index (κ3) is 2.59. The molecule has 0 amide bonds. The van der Waals surface area contributed by atoms with Crippen molar-refractivity contribution in [2.24, 2.45) is 5.92 Å². The molecule has 3 heterocycles. The largest absolute Gasteiger partial charge is 0.345 e. The smallest absolute Gasteiger partial charge is 0.217 e. The molecule has 0 spiro atoms. The fourth-order valence-electron chi connectivity index (χ4n) is 4.43. The van der Waals surface area contributed by atoms with E-state index in [0.29, 0.717) is 5.92 Å². The Morgan fingerprint density at radius 1 is 1.33 bits per heavy atom. The Hall–Kier alpha value is -2.00. The molecule has 3 atom stereocenters. The molecule has 2 saturated carbocycles. The maximum absolute atomic E-state index is 12.7. The highest BCUT2D eigenvalue weighted by Gasteiger charge is 2.51. The zero-order chi connectivity index (χ0) is 18.8. The van der Waals surface area contributed by atoms with E-state index in [-0.39, 0.29) is 12.0 Å². The zero-order valence-electron chi connectivity index (χ0n) is 15.5. The average molecular weight is 388 g/mol. The van der Waals surface area contributed by atoms with Crippen molar-refractivity contribution in [1.29, 1.82) is 0 Å². The van der Waals surface area contributed by atoms with Gasteiger partial charge in [-0.15, -0.1) is 10.2 Å². The third-order valence-electron chi connectivity index (χ3n) is 6.44. The Balaban J connectivity index is 1.49. The quantitative estimate of drug-likeness (QED) is 0.698. The van der Waals surface area contributed by atoms with Crippen molar-refractivity contribution in [1.82, 2.24) is 29.3 Å². The van der Waals surface area contributed by atoms with Gasteiger partial charge < -0.3 is 4.98 Å². The predicted molar refractivity (Wildman–Crippen MR) is 102 cm³/mol. The minimum Gasteiger partial charge on any atom is -0.345 e. The Kier molecular flexibility index (Phi) is 3.64. The number of sulfonamides is 1. The summed E-state index contributed by atoms with van der Waals surface area (Å²) in [4.78, 5) is 7.50. The molecule has 0 radical (unpaired) electrons. The molecule has 2 fully saturated rings. The van der Waals surface area contributed by atoms with Gasteiger partial charge in [-0.05, 0) is 44.6 Å². The van der Waals surface area contributed by atoms with Gasteiger partial charge in [0.15, 0.2) is 11.3 Å². The molecule has 0 bridgehead atoms. The first kappa shape index (κ1) is 17.1. The van der Waals surface area contributed by atoms with Crippen LogP contribution in [-0.4, -0.2) is 43.8 Å². The van der Waals surface area contributed by atoms with Gasteiger partial charge in [-0.1, -0.05) is 13.3 Å². The molecule has 1 unspecified atom stereocenters. The fourth-order valence-corrected chi connectivity index (χ4v) is 5.99. The molecule has 0 aromatic carbocycles. The number of aromatic amines is 1. The molecule has 3 aromatic rings. The molecule has 3 aromatic heterocycles. The van der Waals surface area contributed by atoms with Crippen LogP contribution in [0, 0.1) is 5.92 Å². The minimum atomic E-state index is -3.27. The molecule has 144 valence electrons. The van der Waals surface area contributed by atoms with Crippen molar-refractivity contribution >= 4 is 26.8 Å². The lowest BCUT2D eigenvalue weighted by Crippen LogP contribution is -2.40. The molecular formula is C18H24N6O2S. The highest BCUT2D eigenvalue weighted by atomic mass is 32.2. The highest BCUT2D eigenvalue weighted by Crippen LogP contribution is 2.45. The van der Waals surface area contributed by atoms with Crippen LogP contribution in [0.15, 0.2) is 18.5 Å². The van der Waals surface area contributed by atoms with E-state index in [4.69, 9.17) is 0 Å². The summed E-state index contributed by atoms with van der Waals surface area (Å²) in [6, 6.07) is 1.94. The SMILES string of the molecule is CC[C@@H]1CC(NS(=O)(=O)C2(C)CC2)C[C@@H]1c1nnc2cnc3[nH]ccc3n12. The van der Waals surface area contributed by atoms with Crippen LogP contribution >= 0.6 is 0 Å². The van der Waals surface area contributed by atoms with Crippen LogP contribution in [0.25, 0.3) is 16.8 Å². The molecule has 2 aliphatic carbocycles. The molecule has 8 nitrogen and oxygen atoms in total. The number of H-pyrrole nitrogens is 1. The van der Waals surface area contributed by atoms with Gasteiger partial charge in [-0.25, -0.2) is 18.1 Å². The second-order valence-corrected chi connectivity index (χ2v) is 10.5.